The summed E-state index contributed by atoms with van der Waals surface area (Å²) in [6.07, 6.45) is 3.32. The number of ether oxygens (including phenoxy) is 4. The number of hydrogen-bond donors (Lipinski definition) is 2. The Morgan fingerprint density at radius 3 is 2.19 bits per heavy atom. The van der Waals surface area contributed by atoms with Crippen LogP contribution in [-0.2, 0) is 43.9 Å². The third kappa shape index (κ3) is 10.3. The number of hydrogen-bond acceptors (Lipinski definition) is 10. The van der Waals surface area contributed by atoms with E-state index in [0.29, 0.717) is 41.6 Å². The van der Waals surface area contributed by atoms with Gasteiger partial charge in [0.2, 0.25) is 23.5 Å². The SMILES string of the molecule is CN(C)C(=O)C=Cc1ccc(C(=O)O[C@@H]2CC(C(=O)N3CCC[C@@H]3C(=O)N[C@H](CO)CCC(=O)OC(C)(C)C)=C[C@H]3OC(c4ccccc4)(c4ccccc4)O[C@H]32)cc1. The molecule has 3 amide bonds. The highest BCUT2D eigenvalue weighted by atomic mass is 16.8. The summed E-state index contributed by atoms with van der Waals surface area (Å²) in [5.74, 6) is -3.49. The standard InChI is InChI=1S/C46H53N3O10/c1-45(2,3)58-40(52)25-23-35(29-50)47-42(53)36-17-12-26-49(36)43(54)32-27-37(56-44(55)31-21-18-30(19-22-31)20-24-39(51)48(4)5)41-38(28-32)57-46(59-41,33-13-8-6-9-14-33)34-15-10-7-11-16-34/h6-11,13-16,18-22,24,28,35-38,41,50H,12,17,23,25-27,29H2,1-5H3,(H,47,53)/t35-,36+,37+,38+,41-/m0/s1. The number of nitrogens with zero attached hydrogens (tertiary/aromatic N) is 2. The second-order valence-corrected chi connectivity index (χ2v) is 16.2. The number of amides is 3. The minimum atomic E-state index is -1.40. The summed E-state index contributed by atoms with van der Waals surface area (Å²) in [5.41, 5.74) is 2.04. The second kappa shape index (κ2) is 18.5. The molecular formula is C46H53N3O10. The van der Waals surface area contributed by atoms with Crippen LogP contribution in [0, 0.1) is 0 Å². The largest absolute Gasteiger partial charge is 0.460 e. The molecule has 0 spiro atoms. The van der Waals surface area contributed by atoms with E-state index in [1.54, 1.807) is 71.3 Å². The van der Waals surface area contributed by atoms with E-state index in [2.05, 4.69) is 5.32 Å². The van der Waals surface area contributed by atoms with Crippen LogP contribution in [0.2, 0.25) is 0 Å². The molecule has 3 aliphatic rings. The van der Waals surface area contributed by atoms with Crippen LogP contribution in [0.4, 0.5) is 0 Å². The predicted molar refractivity (Wildman–Crippen MR) is 218 cm³/mol. The maximum atomic E-state index is 14.5. The third-order valence-corrected chi connectivity index (χ3v) is 10.4. The van der Waals surface area contributed by atoms with Crippen LogP contribution < -0.4 is 5.32 Å². The van der Waals surface area contributed by atoms with Crippen molar-refractivity contribution in [1.82, 2.24) is 15.1 Å². The van der Waals surface area contributed by atoms with E-state index in [-0.39, 0.29) is 30.7 Å². The van der Waals surface area contributed by atoms with Crippen LogP contribution >= 0.6 is 0 Å². The zero-order valence-corrected chi connectivity index (χ0v) is 34.2. The molecule has 0 aromatic heterocycles. The van der Waals surface area contributed by atoms with Crippen molar-refractivity contribution in [2.75, 3.05) is 27.2 Å². The van der Waals surface area contributed by atoms with Gasteiger partial charge in [-0.25, -0.2) is 4.79 Å². The van der Waals surface area contributed by atoms with Crippen molar-refractivity contribution >= 4 is 35.7 Å². The van der Waals surface area contributed by atoms with Crippen LogP contribution in [0.3, 0.4) is 0 Å². The zero-order valence-electron chi connectivity index (χ0n) is 34.2. The third-order valence-electron chi connectivity index (χ3n) is 10.4. The maximum Gasteiger partial charge on any atom is 0.338 e. The Kier molecular flexibility index (Phi) is 13.5. The Labute approximate surface area is 344 Å². The molecule has 312 valence electrons. The fourth-order valence-corrected chi connectivity index (χ4v) is 7.49. The van der Waals surface area contributed by atoms with Crippen molar-refractivity contribution in [2.24, 2.45) is 0 Å². The fraction of sp³-hybridized carbons (Fsp3) is 0.413. The smallest absolute Gasteiger partial charge is 0.338 e. The molecule has 2 fully saturated rings. The number of esters is 2. The quantitative estimate of drug-likeness (QED) is 0.179. The highest BCUT2D eigenvalue weighted by Gasteiger charge is 2.55. The zero-order chi connectivity index (χ0) is 42.3. The minimum absolute atomic E-state index is 0.000137. The molecule has 0 unspecified atom stereocenters. The van der Waals surface area contributed by atoms with E-state index in [0.717, 1.165) is 0 Å². The van der Waals surface area contributed by atoms with Crippen LogP contribution in [0.25, 0.3) is 6.08 Å². The van der Waals surface area contributed by atoms with Gasteiger partial charge in [-0.1, -0.05) is 72.8 Å². The molecular weight excluding hydrogens is 755 g/mol. The topological polar surface area (TPSA) is 161 Å². The van der Waals surface area contributed by atoms with Gasteiger partial charge in [0.05, 0.1) is 18.2 Å². The van der Waals surface area contributed by atoms with Crippen molar-refractivity contribution in [1.29, 1.82) is 0 Å². The molecule has 3 aromatic rings. The van der Waals surface area contributed by atoms with Crippen LogP contribution in [-0.4, -0.2) is 108 Å². The fourth-order valence-electron chi connectivity index (χ4n) is 7.49. The molecule has 2 N–H and O–H groups in total. The summed E-state index contributed by atoms with van der Waals surface area (Å²) in [7, 11) is 3.32. The molecule has 6 rings (SSSR count). The molecule has 1 aliphatic carbocycles. The van der Waals surface area contributed by atoms with E-state index < -0.39 is 72.1 Å². The van der Waals surface area contributed by atoms with Crippen molar-refractivity contribution in [3.63, 3.8) is 0 Å². The Bertz CT molecular complexity index is 2000. The Morgan fingerprint density at radius 2 is 1.59 bits per heavy atom. The summed E-state index contributed by atoms with van der Waals surface area (Å²) in [5, 5.41) is 12.9. The molecule has 0 radical (unpaired) electrons. The molecule has 2 aliphatic heterocycles. The van der Waals surface area contributed by atoms with Crippen LogP contribution in [0.15, 0.2) is 103 Å². The first-order valence-corrected chi connectivity index (χ1v) is 20.0. The molecule has 2 heterocycles. The van der Waals surface area contributed by atoms with Gasteiger partial charge in [0.25, 0.3) is 0 Å². The lowest BCUT2D eigenvalue weighted by atomic mass is 9.91. The van der Waals surface area contributed by atoms with Gasteiger partial charge in [-0.2, -0.15) is 0 Å². The Balaban J connectivity index is 1.25. The molecule has 59 heavy (non-hydrogen) atoms. The lowest BCUT2D eigenvalue weighted by Crippen LogP contribution is -2.51. The lowest BCUT2D eigenvalue weighted by Gasteiger charge is -2.33. The molecule has 13 nitrogen and oxygen atoms in total. The van der Waals surface area contributed by atoms with E-state index in [1.807, 2.05) is 60.7 Å². The number of aliphatic hydroxyl groups excluding tert-OH is 1. The first kappa shape index (κ1) is 43.0. The van der Waals surface area contributed by atoms with Gasteiger partial charge in [-0.15, -0.1) is 0 Å². The number of carbonyl (C=O) groups is 5. The van der Waals surface area contributed by atoms with Gasteiger partial charge in [-0.3, -0.25) is 19.2 Å². The molecule has 3 aromatic carbocycles. The highest BCUT2D eigenvalue weighted by molar-refractivity contribution is 5.98. The minimum Gasteiger partial charge on any atom is -0.460 e. The number of carbonyl (C=O) groups excluding carboxylic acids is 5. The van der Waals surface area contributed by atoms with Crippen molar-refractivity contribution in [2.45, 2.75) is 94.7 Å². The first-order chi connectivity index (χ1) is 28.2. The van der Waals surface area contributed by atoms with Gasteiger partial charge in [0.1, 0.15) is 30.0 Å². The molecule has 5 atom stereocenters. The second-order valence-electron chi connectivity index (χ2n) is 16.2. The summed E-state index contributed by atoms with van der Waals surface area (Å²) >= 11 is 0. The molecule has 2 saturated heterocycles. The average molecular weight is 808 g/mol. The number of fused-ring (bicyclic) bond motifs is 1. The number of aliphatic hydroxyl groups is 1. The van der Waals surface area contributed by atoms with Crippen LogP contribution in [0.1, 0.15) is 79.9 Å². The number of benzene rings is 3. The highest BCUT2D eigenvalue weighted by Crippen LogP contribution is 2.47. The average Bonchev–Trinajstić information content (AvgIpc) is 3.88. The van der Waals surface area contributed by atoms with Gasteiger partial charge in [-0.05, 0) is 69.9 Å². The molecule has 0 bridgehead atoms. The number of rotatable bonds is 13. The number of likely N-dealkylation sites (N-methyl/N-ethyl adjacent to an activating group) is 1. The Hall–Kier alpha value is -5.63. The van der Waals surface area contributed by atoms with Crippen molar-refractivity contribution < 1.29 is 48.0 Å². The van der Waals surface area contributed by atoms with E-state index >= 15 is 0 Å². The van der Waals surface area contributed by atoms with Gasteiger partial charge in [0, 0.05) is 56.3 Å². The normalized spacial score (nSPS) is 21.6. The summed E-state index contributed by atoms with van der Waals surface area (Å²) < 4.78 is 25.3. The van der Waals surface area contributed by atoms with Gasteiger partial charge < -0.3 is 39.2 Å². The summed E-state index contributed by atoms with van der Waals surface area (Å²) in [4.78, 5) is 69.3. The number of likely N-dealkylation sites (tertiary alicyclic amines) is 1. The van der Waals surface area contributed by atoms with Crippen molar-refractivity contribution in [3.05, 3.63) is 125 Å². The predicted octanol–water partition coefficient (Wildman–Crippen LogP) is 4.92. The van der Waals surface area contributed by atoms with Gasteiger partial charge >= 0.3 is 11.9 Å². The van der Waals surface area contributed by atoms with Gasteiger partial charge in [0.15, 0.2) is 0 Å². The van der Waals surface area contributed by atoms with E-state index in [9.17, 15) is 29.1 Å². The lowest BCUT2D eigenvalue weighted by molar-refractivity contribution is -0.157. The summed E-state index contributed by atoms with van der Waals surface area (Å²) in [6, 6.07) is 23.9. The molecule has 13 heteroatoms. The van der Waals surface area contributed by atoms with E-state index in [4.69, 9.17) is 18.9 Å². The number of nitrogens with one attached hydrogen (secondary N) is 1. The monoisotopic (exact) mass is 807 g/mol. The van der Waals surface area contributed by atoms with Crippen LogP contribution in [0.5, 0.6) is 0 Å². The summed E-state index contributed by atoms with van der Waals surface area (Å²) in [6.45, 7) is 5.21. The first-order valence-electron chi connectivity index (χ1n) is 20.0. The van der Waals surface area contributed by atoms with E-state index in [1.165, 1.54) is 15.9 Å². The molecule has 0 saturated carbocycles. The maximum absolute atomic E-state index is 14.5. The Morgan fingerprint density at radius 1 is 0.949 bits per heavy atom. The van der Waals surface area contributed by atoms with Crippen molar-refractivity contribution in [3.8, 4) is 0 Å².